The maximum atomic E-state index is 12.3. The molecule has 0 saturated heterocycles. The maximum Gasteiger partial charge on any atom is 0.196 e. The molecule has 4 nitrogen and oxygen atoms in total. The molecular formula is C15H18N2O2. The van der Waals surface area contributed by atoms with Crippen molar-refractivity contribution in [1.29, 1.82) is 0 Å². The summed E-state index contributed by atoms with van der Waals surface area (Å²) in [5.41, 5.74) is 2.15. The van der Waals surface area contributed by atoms with Crippen molar-refractivity contribution in [2.75, 3.05) is 0 Å². The minimum absolute atomic E-state index is 0.0123. The molecule has 0 spiro atoms. The van der Waals surface area contributed by atoms with Crippen molar-refractivity contribution >= 4 is 5.78 Å². The first kappa shape index (κ1) is 13.3. The van der Waals surface area contributed by atoms with E-state index in [1.54, 1.807) is 23.0 Å². The highest BCUT2D eigenvalue weighted by atomic mass is 16.5. The van der Waals surface area contributed by atoms with Crippen molar-refractivity contribution in [2.24, 2.45) is 7.05 Å². The van der Waals surface area contributed by atoms with E-state index in [0.717, 1.165) is 11.4 Å². The van der Waals surface area contributed by atoms with Crippen LogP contribution in [-0.2, 0) is 7.05 Å². The average molecular weight is 258 g/mol. The van der Waals surface area contributed by atoms with Crippen LogP contribution in [0, 0.1) is 6.92 Å². The molecule has 0 aliphatic heterocycles. The molecule has 1 aromatic carbocycles. The van der Waals surface area contributed by atoms with Gasteiger partial charge in [-0.2, -0.15) is 5.10 Å². The standard InChI is InChI=1S/C15H18N2O2/c1-10(2)19-13-7-5-12(6-8-13)15(18)14-9-16-17(4)11(14)3/h5-10H,1-4H3. The number of nitrogens with zero attached hydrogens (tertiary/aromatic N) is 2. The molecule has 0 aliphatic carbocycles. The van der Waals surface area contributed by atoms with Gasteiger partial charge in [0.05, 0.1) is 17.9 Å². The molecule has 0 aliphatic rings. The molecular weight excluding hydrogens is 240 g/mol. The number of hydrogen-bond acceptors (Lipinski definition) is 3. The smallest absolute Gasteiger partial charge is 0.196 e. The van der Waals surface area contributed by atoms with Gasteiger partial charge >= 0.3 is 0 Å². The normalized spacial score (nSPS) is 10.8. The van der Waals surface area contributed by atoms with Crippen LogP contribution in [0.2, 0.25) is 0 Å². The molecule has 0 unspecified atom stereocenters. The molecule has 1 heterocycles. The third-order valence-corrected chi connectivity index (χ3v) is 2.97. The zero-order valence-electron chi connectivity index (χ0n) is 11.7. The van der Waals surface area contributed by atoms with Gasteiger partial charge in [-0.15, -0.1) is 0 Å². The molecule has 100 valence electrons. The molecule has 2 aromatic rings. The average Bonchev–Trinajstić information content (AvgIpc) is 2.69. The van der Waals surface area contributed by atoms with Gasteiger partial charge in [0.1, 0.15) is 5.75 Å². The summed E-state index contributed by atoms with van der Waals surface area (Å²) in [4.78, 5) is 12.3. The van der Waals surface area contributed by atoms with E-state index >= 15 is 0 Å². The summed E-state index contributed by atoms with van der Waals surface area (Å²) >= 11 is 0. The van der Waals surface area contributed by atoms with Crippen LogP contribution in [0.5, 0.6) is 5.75 Å². The first-order valence-corrected chi connectivity index (χ1v) is 6.29. The predicted octanol–water partition coefficient (Wildman–Crippen LogP) is 2.75. The van der Waals surface area contributed by atoms with E-state index < -0.39 is 0 Å². The molecule has 19 heavy (non-hydrogen) atoms. The lowest BCUT2D eigenvalue weighted by molar-refractivity contribution is 0.103. The number of carbonyl (C=O) groups is 1. The van der Waals surface area contributed by atoms with Crippen molar-refractivity contribution < 1.29 is 9.53 Å². The summed E-state index contributed by atoms with van der Waals surface area (Å²) in [6, 6.07) is 7.21. The fourth-order valence-corrected chi connectivity index (χ4v) is 1.83. The summed E-state index contributed by atoms with van der Waals surface area (Å²) < 4.78 is 7.25. The number of ether oxygens (including phenoxy) is 1. The van der Waals surface area contributed by atoms with E-state index in [2.05, 4.69) is 5.10 Å². The van der Waals surface area contributed by atoms with Gasteiger partial charge in [-0.1, -0.05) is 0 Å². The SMILES string of the molecule is Cc1c(C(=O)c2ccc(OC(C)C)cc2)cnn1C. The second-order valence-corrected chi connectivity index (χ2v) is 4.79. The monoisotopic (exact) mass is 258 g/mol. The van der Waals surface area contributed by atoms with Crippen LogP contribution in [0.3, 0.4) is 0 Å². The third kappa shape index (κ3) is 2.84. The van der Waals surface area contributed by atoms with Crippen molar-refractivity contribution in [3.05, 3.63) is 47.3 Å². The van der Waals surface area contributed by atoms with Gasteiger partial charge in [0.2, 0.25) is 0 Å². The Morgan fingerprint density at radius 1 is 1.26 bits per heavy atom. The summed E-state index contributed by atoms with van der Waals surface area (Å²) in [5, 5.41) is 4.09. The lowest BCUT2D eigenvalue weighted by Gasteiger charge is -2.09. The molecule has 0 amide bonds. The molecule has 0 bridgehead atoms. The molecule has 0 fully saturated rings. The van der Waals surface area contributed by atoms with E-state index in [0.29, 0.717) is 11.1 Å². The minimum atomic E-state index is -0.0123. The number of rotatable bonds is 4. The quantitative estimate of drug-likeness (QED) is 0.792. The van der Waals surface area contributed by atoms with Gasteiger partial charge in [0.15, 0.2) is 5.78 Å². The fraction of sp³-hybridized carbons (Fsp3) is 0.333. The predicted molar refractivity (Wildman–Crippen MR) is 73.6 cm³/mol. The van der Waals surface area contributed by atoms with Crippen LogP contribution in [-0.4, -0.2) is 21.7 Å². The number of hydrogen-bond donors (Lipinski definition) is 0. The highest BCUT2D eigenvalue weighted by Crippen LogP contribution is 2.17. The zero-order valence-corrected chi connectivity index (χ0v) is 11.7. The Balaban J connectivity index is 2.23. The third-order valence-electron chi connectivity index (χ3n) is 2.97. The molecule has 0 N–H and O–H groups in total. The van der Waals surface area contributed by atoms with E-state index in [4.69, 9.17) is 4.74 Å². The highest BCUT2D eigenvalue weighted by Gasteiger charge is 2.14. The number of ketones is 1. The van der Waals surface area contributed by atoms with Crippen LogP contribution in [0.1, 0.15) is 35.5 Å². The Hall–Kier alpha value is -2.10. The second kappa shape index (κ2) is 5.26. The molecule has 0 saturated carbocycles. The van der Waals surface area contributed by atoms with E-state index in [1.165, 1.54) is 0 Å². The maximum absolute atomic E-state index is 12.3. The van der Waals surface area contributed by atoms with Crippen LogP contribution in [0.15, 0.2) is 30.5 Å². The van der Waals surface area contributed by atoms with Crippen LogP contribution < -0.4 is 4.74 Å². The number of carbonyl (C=O) groups excluding carboxylic acids is 1. The Morgan fingerprint density at radius 3 is 2.37 bits per heavy atom. The molecule has 2 rings (SSSR count). The number of benzene rings is 1. The minimum Gasteiger partial charge on any atom is -0.491 e. The molecule has 1 aromatic heterocycles. The van der Waals surface area contributed by atoms with E-state index in [1.807, 2.05) is 40.0 Å². The van der Waals surface area contributed by atoms with E-state index in [-0.39, 0.29) is 11.9 Å². The van der Waals surface area contributed by atoms with Gasteiger partial charge in [-0.25, -0.2) is 0 Å². The molecule has 4 heteroatoms. The van der Waals surface area contributed by atoms with Gasteiger partial charge < -0.3 is 4.74 Å². The lowest BCUT2D eigenvalue weighted by atomic mass is 10.0. The fourth-order valence-electron chi connectivity index (χ4n) is 1.83. The van der Waals surface area contributed by atoms with Crippen molar-refractivity contribution in [3.63, 3.8) is 0 Å². The van der Waals surface area contributed by atoms with Gasteiger partial charge in [0.25, 0.3) is 0 Å². The Morgan fingerprint density at radius 2 is 1.89 bits per heavy atom. The number of aryl methyl sites for hydroxylation is 1. The lowest BCUT2D eigenvalue weighted by Crippen LogP contribution is -2.06. The van der Waals surface area contributed by atoms with Gasteiger partial charge in [0, 0.05) is 18.3 Å². The van der Waals surface area contributed by atoms with E-state index in [9.17, 15) is 4.79 Å². The van der Waals surface area contributed by atoms with Crippen LogP contribution in [0.4, 0.5) is 0 Å². The Kier molecular flexibility index (Phi) is 3.69. The summed E-state index contributed by atoms with van der Waals surface area (Å²) in [5.74, 6) is 0.760. The summed E-state index contributed by atoms with van der Waals surface area (Å²) in [6.45, 7) is 5.83. The first-order valence-electron chi connectivity index (χ1n) is 6.29. The molecule has 0 atom stereocenters. The zero-order chi connectivity index (χ0) is 14.0. The Bertz CT molecular complexity index is 583. The second-order valence-electron chi connectivity index (χ2n) is 4.79. The summed E-state index contributed by atoms with van der Waals surface area (Å²) in [6.07, 6.45) is 1.73. The van der Waals surface area contributed by atoms with Crippen molar-refractivity contribution in [2.45, 2.75) is 26.9 Å². The first-order chi connectivity index (χ1) is 8.99. The van der Waals surface area contributed by atoms with Crippen molar-refractivity contribution in [1.82, 2.24) is 9.78 Å². The van der Waals surface area contributed by atoms with Crippen LogP contribution >= 0.6 is 0 Å². The summed E-state index contributed by atoms with van der Waals surface area (Å²) in [7, 11) is 1.83. The topological polar surface area (TPSA) is 44.1 Å². The highest BCUT2D eigenvalue weighted by molar-refractivity contribution is 6.09. The van der Waals surface area contributed by atoms with Gasteiger partial charge in [-0.05, 0) is 45.0 Å². The molecule has 0 radical (unpaired) electrons. The largest absolute Gasteiger partial charge is 0.491 e. The van der Waals surface area contributed by atoms with Gasteiger partial charge in [-0.3, -0.25) is 9.48 Å². The number of aromatic nitrogens is 2. The Labute approximate surface area is 113 Å². The van der Waals surface area contributed by atoms with Crippen LogP contribution in [0.25, 0.3) is 0 Å². The van der Waals surface area contributed by atoms with Crippen molar-refractivity contribution in [3.8, 4) is 5.75 Å².